The Morgan fingerprint density at radius 2 is 1.75 bits per heavy atom. The van der Waals surface area contributed by atoms with Crippen LogP contribution in [0.1, 0.15) is 35.6 Å². The number of hydrogen-bond donors (Lipinski definition) is 0. The second-order valence-electron chi connectivity index (χ2n) is 6.46. The van der Waals surface area contributed by atoms with Crippen LogP contribution in [-0.4, -0.2) is 12.4 Å². The lowest BCUT2D eigenvalue weighted by molar-refractivity contribution is 0.589. The Balaban J connectivity index is 2.08. The van der Waals surface area contributed by atoms with Gasteiger partial charge in [0.2, 0.25) is 0 Å². The van der Waals surface area contributed by atoms with E-state index in [4.69, 9.17) is 0 Å². The summed E-state index contributed by atoms with van der Waals surface area (Å²) < 4.78 is 27.8. The van der Waals surface area contributed by atoms with Gasteiger partial charge in [-0.1, -0.05) is 25.1 Å². The van der Waals surface area contributed by atoms with E-state index in [1.165, 1.54) is 26.2 Å². The molecule has 0 aliphatic heterocycles. The van der Waals surface area contributed by atoms with E-state index in [1.807, 2.05) is 12.1 Å². The van der Waals surface area contributed by atoms with Gasteiger partial charge in [-0.25, -0.2) is 12.4 Å². The van der Waals surface area contributed by atoms with E-state index in [0.717, 1.165) is 36.6 Å². The molecule has 0 unspecified atom stereocenters. The Kier molecular flexibility index (Phi) is 3.53. The Morgan fingerprint density at radius 3 is 2.46 bits per heavy atom. The molecule has 0 saturated carbocycles. The minimum absolute atomic E-state index is 0.341. The Bertz CT molecular complexity index is 1030. The van der Waals surface area contributed by atoms with Crippen molar-refractivity contribution in [3.8, 4) is 0 Å². The van der Waals surface area contributed by atoms with Crippen LogP contribution in [0.25, 0.3) is 10.9 Å². The van der Waals surface area contributed by atoms with E-state index >= 15 is 0 Å². The summed E-state index contributed by atoms with van der Waals surface area (Å²) in [5.74, 6) is 0. The van der Waals surface area contributed by atoms with Gasteiger partial charge in [0.05, 0.1) is 10.4 Å². The van der Waals surface area contributed by atoms with Crippen LogP contribution >= 0.6 is 0 Å². The number of rotatable bonds is 3. The second-order valence-corrected chi connectivity index (χ2v) is 8.27. The van der Waals surface area contributed by atoms with Crippen LogP contribution in [0.15, 0.2) is 47.5 Å². The maximum atomic E-state index is 13.2. The molecule has 1 aliphatic carbocycles. The van der Waals surface area contributed by atoms with Crippen LogP contribution in [0.5, 0.6) is 0 Å². The monoisotopic (exact) mass is 339 g/mol. The van der Waals surface area contributed by atoms with Crippen molar-refractivity contribution in [1.29, 1.82) is 0 Å². The summed E-state index contributed by atoms with van der Waals surface area (Å²) in [6.45, 7) is 4.33. The van der Waals surface area contributed by atoms with Gasteiger partial charge in [0.25, 0.3) is 10.0 Å². The van der Waals surface area contributed by atoms with Gasteiger partial charge in [-0.15, -0.1) is 0 Å². The fraction of sp³-hybridized carbons (Fsp3) is 0.300. The quantitative estimate of drug-likeness (QED) is 0.716. The zero-order chi connectivity index (χ0) is 16.9. The van der Waals surface area contributed by atoms with E-state index in [0.29, 0.717) is 4.90 Å². The van der Waals surface area contributed by atoms with Crippen LogP contribution in [0, 0.1) is 6.92 Å². The number of fused-ring (bicyclic) bond motifs is 3. The molecular weight excluding hydrogens is 318 g/mol. The third kappa shape index (κ3) is 2.06. The lowest BCUT2D eigenvalue weighted by Crippen LogP contribution is -2.13. The molecule has 0 fully saturated rings. The number of hydrogen-bond acceptors (Lipinski definition) is 2. The van der Waals surface area contributed by atoms with Crippen molar-refractivity contribution in [1.82, 2.24) is 3.97 Å². The molecule has 0 atom stereocenters. The van der Waals surface area contributed by atoms with Gasteiger partial charge in [0, 0.05) is 11.6 Å². The predicted octanol–water partition coefficient (Wildman–Crippen LogP) is 4.24. The lowest BCUT2D eigenvalue weighted by atomic mass is 9.93. The summed E-state index contributed by atoms with van der Waals surface area (Å²) >= 11 is 0. The molecule has 0 saturated heterocycles. The number of aryl methyl sites for hydroxylation is 2. The minimum atomic E-state index is -3.56. The first-order chi connectivity index (χ1) is 11.6. The molecule has 1 heterocycles. The highest BCUT2D eigenvalue weighted by molar-refractivity contribution is 7.90. The van der Waals surface area contributed by atoms with E-state index in [-0.39, 0.29) is 0 Å². The topological polar surface area (TPSA) is 39.1 Å². The fourth-order valence-electron chi connectivity index (χ4n) is 4.12. The number of aromatic nitrogens is 1. The third-order valence-corrected chi connectivity index (χ3v) is 6.93. The SMILES string of the molecule is CCc1c(C)c2c(c3c1ccn3S(=O)(=O)c1ccccc1)CCC2. The van der Waals surface area contributed by atoms with Crippen LogP contribution in [-0.2, 0) is 29.3 Å². The maximum absolute atomic E-state index is 13.2. The van der Waals surface area contributed by atoms with Gasteiger partial charge in [-0.2, -0.15) is 0 Å². The molecule has 4 heteroatoms. The largest absolute Gasteiger partial charge is 0.268 e. The van der Waals surface area contributed by atoms with Gasteiger partial charge in [0.15, 0.2) is 0 Å². The summed E-state index contributed by atoms with van der Waals surface area (Å²) in [6.07, 6.45) is 5.77. The first-order valence-electron chi connectivity index (χ1n) is 8.50. The zero-order valence-corrected chi connectivity index (χ0v) is 14.9. The van der Waals surface area contributed by atoms with Crippen molar-refractivity contribution < 1.29 is 8.42 Å². The molecule has 3 nitrogen and oxygen atoms in total. The highest BCUT2D eigenvalue weighted by atomic mass is 32.2. The number of nitrogens with zero attached hydrogens (tertiary/aromatic N) is 1. The lowest BCUT2D eigenvalue weighted by Gasteiger charge is -2.15. The molecule has 0 spiro atoms. The Hall–Kier alpha value is -2.07. The Morgan fingerprint density at radius 1 is 1.04 bits per heavy atom. The molecule has 0 amide bonds. The fourth-order valence-corrected chi connectivity index (χ4v) is 5.52. The summed E-state index contributed by atoms with van der Waals surface area (Å²) in [4.78, 5) is 0.341. The molecule has 4 rings (SSSR count). The number of benzene rings is 2. The van der Waals surface area contributed by atoms with Crippen molar-refractivity contribution in [2.24, 2.45) is 0 Å². The van der Waals surface area contributed by atoms with Crippen molar-refractivity contribution in [3.63, 3.8) is 0 Å². The van der Waals surface area contributed by atoms with Gasteiger partial charge in [-0.3, -0.25) is 0 Å². The molecule has 1 aliphatic rings. The average molecular weight is 339 g/mol. The summed E-state index contributed by atoms with van der Waals surface area (Å²) in [6, 6.07) is 10.7. The third-order valence-electron chi connectivity index (χ3n) is 5.24. The first kappa shape index (κ1) is 15.5. The van der Waals surface area contributed by atoms with Crippen LogP contribution < -0.4 is 0 Å². The first-order valence-corrected chi connectivity index (χ1v) is 9.94. The second kappa shape index (κ2) is 5.49. The van der Waals surface area contributed by atoms with E-state index in [2.05, 4.69) is 13.8 Å². The van der Waals surface area contributed by atoms with Gasteiger partial charge < -0.3 is 0 Å². The van der Waals surface area contributed by atoms with E-state index in [1.54, 1.807) is 30.5 Å². The molecule has 3 aromatic rings. The summed E-state index contributed by atoms with van der Waals surface area (Å²) in [5.41, 5.74) is 6.13. The van der Waals surface area contributed by atoms with Gasteiger partial charge in [-0.05, 0) is 73.1 Å². The summed E-state index contributed by atoms with van der Waals surface area (Å²) in [5, 5.41) is 1.09. The van der Waals surface area contributed by atoms with Gasteiger partial charge in [0.1, 0.15) is 0 Å². The molecule has 124 valence electrons. The molecule has 0 bridgehead atoms. The molecule has 0 N–H and O–H groups in total. The van der Waals surface area contributed by atoms with E-state index in [9.17, 15) is 8.42 Å². The normalized spacial score (nSPS) is 14.2. The van der Waals surface area contributed by atoms with Crippen molar-refractivity contribution in [2.75, 3.05) is 0 Å². The highest BCUT2D eigenvalue weighted by Crippen LogP contribution is 2.38. The van der Waals surface area contributed by atoms with E-state index < -0.39 is 10.0 Å². The van der Waals surface area contributed by atoms with Crippen molar-refractivity contribution in [3.05, 3.63) is 64.8 Å². The highest BCUT2D eigenvalue weighted by Gasteiger charge is 2.26. The standard InChI is InChI=1S/C20H21NO2S/c1-3-16-14(2)17-10-7-11-18(17)20-19(16)12-13-21(20)24(22,23)15-8-5-4-6-9-15/h4-6,8-9,12-13H,3,7,10-11H2,1-2H3. The minimum Gasteiger partial charge on any atom is -0.241 e. The van der Waals surface area contributed by atoms with Crippen molar-refractivity contribution >= 4 is 20.9 Å². The maximum Gasteiger partial charge on any atom is 0.268 e. The smallest absolute Gasteiger partial charge is 0.241 e. The van der Waals surface area contributed by atoms with Crippen LogP contribution in [0.4, 0.5) is 0 Å². The molecule has 2 aromatic carbocycles. The Labute approximate surface area is 143 Å². The van der Waals surface area contributed by atoms with Crippen molar-refractivity contribution in [2.45, 2.75) is 44.4 Å². The predicted molar refractivity (Wildman–Crippen MR) is 97.1 cm³/mol. The van der Waals surface area contributed by atoms with Crippen LogP contribution in [0.3, 0.4) is 0 Å². The zero-order valence-electron chi connectivity index (χ0n) is 14.0. The molecule has 24 heavy (non-hydrogen) atoms. The van der Waals surface area contributed by atoms with Gasteiger partial charge >= 0.3 is 0 Å². The molecule has 1 aromatic heterocycles. The van der Waals surface area contributed by atoms with Crippen LogP contribution in [0.2, 0.25) is 0 Å². The summed E-state index contributed by atoms with van der Waals surface area (Å²) in [7, 11) is -3.56. The average Bonchev–Trinajstić information content (AvgIpc) is 3.23. The molecular formula is C20H21NO2S. The molecule has 0 radical (unpaired) electrons.